The first-order chi connectivity index (χ1) is 9.31. The van der Waals surface area contributed by atoms with E-state index in [4.69, 9.17) is 4.74 Å². The fraction of sp³-hybridized carbons (Fsp3) is 0.600. The van der Waals surface area contributed by atoms with Crippen LogP contribution in [0, 0.1) is 5.82 Å². The van der Waals surface area contributed by atoms with Crippen LogP contribution in [0.2, 0.25) is 0 Å². The summed E-state index contributed by atoms with van der Waals surface area (Å²) in [6.45, 7) is 7.92. The van der Waals surface area contributed by atoms with Gasteiger partial charge >= 0.3 is 0 Å². The van der Waals surface area contributed by atoms with Gasteiger partial charge in [0.15, 0.2) is 0 Å². The molecule has 0 bridgehead atoms. The predicted molar refractivity (Wildman–Crippen MR) is 72.6 cm³/mol. The zero-order valence-electron chi connectivity index (χ0n) is 11.3. The Morgan fingerprint density at radius 1 is 1.00 bits per heavy atom. The number of hydrogen-bond donors (Lipinski definition) is 0. The van der Waals surface area contributed by atoms with E-state index >= 15 is 0 Å². The van der Waals surface area contributed by atoms with Crippen LogP contribution in [-0.2, 0) is 17.7 Å². The van der Waals surface area contributed by atoms with Crippen LogP contribution in [0.5, 0.6) is 0 Å². The smallest absolute Gasteiger partial charge is 0.123 e. The molecule has 0 saturated carbocycles. The van der Waals surface area contributed by atoms with E-state index in [0.717, 1.165) is 64.5 Å². The largest absolute Gasteiger partial charge is 0.379 e. The van der Waals surface area contributed by atoms with E-state index < -0.39 is 0 Å². The van der Waals surface area contributed by atoms with Gasteiger partial charge in [-0.1, -0.05) is 6.07 Å². The van der Waals surface area contributed by atoms with Crippen molar-refractivity contribution in [3.63, 3.8) is 0 Å². The van der Waals surface area contributed by atoms with Crippen LogP contribution in [0.15, 0.2) is 18.2 Å². The van der Waals surface area contributed by atoms with Crippen molar-refractivity contribution in [3.8, 4) is 0 Å². The summed E-state index contributed by atoms with van der Waals surface area (Å²) in [5.74, 6) is -0.117. The first-order valence-corrected chi connectivity index (χ1v) is 7.11. The van der Waals surface area contributed by atoms with Crippen molar-refractivity contribution in [2.45, 2.75) is 13.0 Å². The van der Waals surface area contributed by atoms with Gasteiger partial charge in [0.25, 0.3) is 0 Å². The molecule has 3 nitrogen and oxygen atoms in total. The van der Waals surface area contributed by atoms with Crippen LogP contribution in [0.4, 0.5) is 4.39 Å². The number of fused-ring (bicyclic) bond motifs is 1. The van der Waals surface area contributed by atoms with E-state index in [1.807, 2.05) is 6.07 Å². The Morgan fingerprint density at radius 3 is 2.63 bits per heavy atom. The molecule has 0 radical (unpaired) electrons. The van der Waals surface area contributed by atoms with Crippen molar-refractivity contribution in [3.05, 3.63) is 35.1 Å². The molecule has 1 aromatic rings. The van der Waals surface area contributed by atoms with Crippen LogP contribution in [-0.4, -0.2) is 55.7 Å². The molecule has 1 saturated heterocycles. The van der Waals surface area contributed by atoms with Crippen LogP contribution in [0.3, 0.4) is 0 Å². The summed E-state index contributed by atoms with van der Waals surface area (Å²) in [6.07, 6.45) is 1.04. The normalized spacial score (nSPS) is 21.3. The second-order valence-electron chi connectivity index (χ2n) is 5.39. The molecular weight excluding hydrogens is 243 g/mol. The van der Waals surface area contributed by atoms with Crippen molar-refractivity contribution in [2.75, 3.05) is 45.9 Å². The van der Waals surface area contributed by atoms with Gasteiger partial charge < -0.3 is 4.74 Å². The summed E-state index contributed by atoms with van der Waals surface area (Å²) < 4.78 is 18.6. The quantitative estimate of drug-likeness (QED) is 0.823. The van der Waals surface area contributed by atoms with E-state index in [0.29, 0.717) is 0 Å². The molecule has 2 aliphatic rings. The number of nitrogens with zero attached hydrogens (tertiary/aromatic N) is 2. The second kappa shape index (κ2) is 5.99. The highest BCUT2D eigenvalue weighted by molar-refractivity contribution is 5.29. The SMILES string of the molecule is Fc1ccc2c(c1)CN(CCN1CCOCC1)CC2. The lowest BCUT2D eigenvalue weighted by molar-refractivity contribution is 0.0326. The lowest BCUT2D eigenvalue weighted by Gasteiger charge is -2.32. The van der Waals surface area contributed by atoms with Crippen molar-refractivity contribution in [1.29, 1.82) is 0 Å². The van der Waals surface area contributed by atoms with Crippen molar-refractivity contribution < 1.29 is 9.13 Å². The molecule has 0 unspecified atom stereocenters. The number of halogens is 1. The Balaban J connectivity index is 1.53. The maximum Gasteiger partial charge on any atom is 0.123 e. The minimum atomic E-state index is -0.117. The summed E-state index contributed by atoms with van der Waals surface area (Å²) in [4.78, 5) is 4.88. The van der Waals surface area contributed by atoms with Gasteiger partial charge in [0, 0.05) is 39.3 Å². The summed E-state index contributed by atoms with van der Waals surface area (Å²) in [7, 11) is 0. The number of benzene rings is 1. The van der Waals surface area contributed by atoms with Crippen LogP contribution < -0.4 is 0 Å². The molecule has 1 fully saturated rings. The third-order valence-corrected chi connectivity index (χ3v) is 4.10. The molecule has 0 aromatic heterocycles. The topological polar surface area (TPSA) is 15.7 Å². The monoisotopic (exact) mass is 264 g/mol. The molecule has 0 aliphatic carbocycles. The van der Waals surface area contributed by atoms with Gasteiger partial charge in [-0.2, -0.15) is 0 Å². The molecule has 2 heterocycles. The van der Waals surface area contributed by atoms with Gasteiger partial charge in [-0.3, -0.25) is 9.80 Å². The van der Waals surface area contributed by atoms with E-state index in [1.54, 1.807) is 12.1 Å². The first kappa shape index (κ1) is 13.0. The van der Waals surface area contributed by atoms with Gasteiger partial charge in [0.1, 0.15) is 5.82 Å². The summed E-state index contributed by atoms with van der Waals surface area (Å²) in [5.41, 5.74) is 2.47. The Labute approximate surface area is 114 Å². The maximum absolute atomic E-state index is 13.3. The molecule has 2 aliphatic heterocycles. The number of hydrogen-bond acceptors (Lipinski definition) is 3. The van der Waals surface area contributed by atoms with Crippen molar-refractivity contribution >= 4 is 0 Å². The van der Waals surface area contributed by atoms with E-state index in [2.05, 4.69) is 9.80 Å². The Morgan fingerprint density at radius 2 is 1.79 bits per heavy atom. The standard InChI is InChI=1S/C15H21FN2O/c16-15-2-1-13-3-4-18(12-14(13)11-15)6-5-17-7-9-19-10-8-17/h1-2,11H,3-10,12H2. The van der Waals surface area contributed by atoms with Gasteiger partial charge in [-0.15, -0.1) is 0 Å². The fourth-order valence-electron chi connectivity index (χ4n) is 2.88. The minimum absolute atomic E-state index is 0.117. The molecule has 0 N–H and O–H groups in total. The Kier molecular flexibility index (Phi) is 4.11. The van der Waals surface area contributed by atoms with Gasteiger partial charge in [0.2, 0.25) is 0 Å². The molecule has 0 amide bonds. The molecule has 0 atom stereocenters. The molecule has 104 valence electrons. The van der Waals surface area contributed by atoms with Crippen molar-refractivity contribution in [2.24, 2.45) is 0 Å². The van der Waals surface area contributed by atoms with Gasteiger partial charge in [-0.25, -0.2) is 4.39 Å². The number of ether oxygens (including phenoxy) is 1. The molecule has 0 spiro atoms. The second-order valence-corrected chi connectivity index (χ2v) is 5.39. The lowest BCUT2D eigenvalue weighted by atomic mass is 10.00. The Hall–Kier alpha value is -0.970. The molecular formula is C15H21FN2O. The summed E-state index contributed by atoms with van der Waals surface area (Å²) >= 11 is 0. The number of morpholine rings is 1. The van der Waals surface area contributed by atoms with Crippen LogP contribution >= 0.6 is 0 Å². The van der Waals surface area contributed by atoms with Gasteiger partial charge in [-0.05, 0) is 29.7 Å². The average Bonchev–Trinajstić information content (AvgIpc) is 2.46. The molecule has 1 aromatic carbocycles. The fourth-order valence-corrected chi connectivity index (χ4v) is 2.88. The van der Waals surface area contributed by atoms with Crippen molar-refractivity contribution in [1.82, 2.24) is 9.80 Å². The third kappa shape index (κ3) is 3.32. The summed E-state index contributed by atoms with van der Waals surface area (Å²) in [5, 5.41) is 0. The molecule has 4 heteroatoms. The van der Waals surface area contributed by atoms with Crippen LogP contribution in [0.25, 0.3) is 0 Å². The average molecular weight is 264 g/mol. The van der Waals surface area contributed by atoms with E-state index in [9.17, 15) is 4.39 Å². The lowest BCUT2D eigenvalue weighted by Crippen LogP contribution is -2.42. The number of rotatable bonds is 3. The maximum atomic E-state index is 13.3. The zero-order chi connectivity index (χ0) is 13.1. The highest BCUT2D eigenvalue weighted by Gasteiger charge is 2.18. The predicted octanol–water partition coefficient (Wildman–Crippen LogP) is 1.52. The Bertz CT molecular complexity index is 432. The van der Waals surface area contributed by atoms with Gasteiger partial charge in [0.05, 0.1) is 13.2 Å². The summed E-state index contributed by atoms with van der Waals surface area (Å²) in [6, 6.07) is 5.20. The van der Waals surface area contributed by atoms with E-state index in [-0.39, 0.29) is 5.82 Å². The van der Waals surface area contributed by atoms with E-state index in [1.165, 1.54) is 5.56 Å². The van der Waals surface area contributed by atoms with Crippen LogP contribution in [0.1, 0.15) is 11.1 Å². The highest BCUT2D eigenvalue weighted by atomic mass is 19.1. The molecule has 19 heavy (non-hydrogen) atoms. The molecule has 3 rings (SSSR count). The zero-order valence-corrected chi connectivity index (χ0v) is 11.3. The third-order valence-electron chi connectivity index (χ3n) is 4.10. The highest BCUT2D eigenvalue weighted by Crippen LogP contribution is 2.19. The first-order valence-electron chi connectivity index (χ1n) is 7.11. The minimum Gasteiger partial charge on any atom is -0.379 e.